The van der Waals surface area contributed by atoms with E-state index >= 15 is 0 Å². The molecule has 1 atom stereocenters. The van der Waals surface area contributed by atoms with E-state index in [1.165, 1.54) is 19.1 Å². The number of nitrogens with one attached hydrogen (secondary N) is 1. The number of nitrogens with zero attached hydrogens (tertiary/aromatic N) is 1. The van der Waals surface area contributed by atoms with Gasteiger partial charge in [-0.25, -0.2) is 4.79 Å². The van der Waals surface area contributed by atoms with E-state index in [2.05, 4.69) is 5.32 Å². The predicted molar refractivity (Wildman–Crippen MR) is 96.8 cm³/mol. The monoisotopic (exact) mass is 387 g/mol. The lowest BCUT2D eigenvalue weighted by molar-refractivity contribution is -0.384. The molecule has 3 rings (SSSR count). The second-order valence-corrected chi connectivity index (χ2v) is 5.98. The molecule has 10 nitrogen and oxygen atoms in total. The highest BCUT2D eigenvalue weighted by molar-refractivity contribution is 5.97. The minimum absolute atomic E-state index is 0.0172. The fraction of sp³-hybridized carbons (Fsp3) is 0.222. The number of nitrogen functional groups attached to an aromatic ring is 1. The van der Waals surface area contributed by atoms with Gasteiger partial charge in [-0.1, -0.05) is 6.07 Å². The third kappa shape index (κ3) is 4.11. The number of hydrogen-bond donors (Lipinski definition) is 2. The number of anilines is 1. The summed E-state index contributed by atoms with van der Waals surface area (Å²) in [7, 11) is 0. The van der Waals surface area contributed by atoms with Gasteiger partial charge in [-0.15, -0.1) is 0 Å². The predicted octanol–water partition coefficient (Wildman–Crippen LogP) is 1.77. The Balaban J connectivity index is 1.59. The highest BCUT2D eigenvalue weighted by Gasteiger charge is 2.22. The lowest BCUT2D eigenvalue weighted by Crippen LogP contribution is -2.35. The molecule has 0 spiro atoms. The molecule has 1 heterocycles. The summed E-state index contributed by atoms with van der Waals surface area (Å²) in [4.78, 5) is 34.6. The summed E-state index contributed by atoms with van der Waals surface area (Å²) in [5.74, 6) is -0.235. The van der Waals surface area contributed by atoms with E-state index in [0.29, 0.717) is 11.5 Å². The lowest BCUT2D eigenvalue weighted by Gasteiger charge is -2.14. The second kappa shape index (κ2) is 7.82. The van der Waals surface area contributed by atoms with Crippen molar-refractivity contribution >= 4 is 23.3 Å². The largest absolute Gasteiger partial charge is 0.454 e. The summed E-state index contributed by atoms with van der Waals surface area (Å²) in [6.07, 6.45) is -1.12. The Kier molecular flexibility index (Phi) is 5.30. The first kappa shape index (κ1) is 19.0. The molecule has 3 N–H and O–H groups in total. The van der Waals surface area contributed by atoms with Crippen LogP contribution in [0, 0.1) is 10.1 Å². The third-order valence-electron chi connectivity index (χ3n) is 4.02. The number of fused-ring (bicyclic) bond motifs is 1. The Morgan fingerprint density at radius 3 is 2.75 bits per heavy atom. The van der Waals surface area contributed by atoms with Gasteiger partial charge < -0.3 is 25.3 Å². The number of rotatable bonds is 6. The van der Waals surface area contributed by atoms with Crippen LogP contribution in [0.4, 0.5) is 11.4 Å². The van der Waals surface area contributed by atoms with Gasteiger partial charge in [0.1, 0.15) is 0 Å². The number of hydrogen-bond acceptors (Lipinski definition) is 8. The Morgan fingerprint density at radius 1 is 1.25 bits per heavy atom. The number of amides is 1. The fourth-order valence-electron chi connectivity index (χ4n) is 2.50. The Labute approximate surface area is 159 Å². The van der Waals surface area contributed by atoms with Crippen LogP contribution in [0.15, 0.2) is 36.4 Å². The van der Waals surface area contributed by atoms with Crippen LogP contribution in [-0.2, 0) is 16.1 Å². The second-order valence-electron chi connectivity index (χ2n) is 5.98. The van der Waals surface area contributed by atoms with Gasteiger partial charge >= 0.3 is 5.97 Å². The summed E-state index contributed by atoms with van der Waals surface area (Å²) in [5.41, 5.74) is 5.99. The van der Waals surface area contributed by atoms with Gasteiger partial charge in [0.15, 0.2) is 17.6 Å². The van der Waals surface area contributed by atoms with E-state index in [9.17, 15) is 19.7 Å². The van der Waals surface area contributed by atoms with Crippen molar-refractivity contribution < 1.29 is 28.7 Å². The van der Waals surface area contributed by atoms with E-state index in [1.54, 1.807) is 18.2 Å². The lowest BCUT2D eigenvalue weighted by atomic mass is 10.1. The molecular weight excluding hydrogens is 370 g/mol. The van der Waals surface area contributed by atoms with Gasteiger partial charge in [0.25, 0.3) is 11.6 Å². The molecule has 0 radical (unpaired) electrons. The zero-order valence-electron chi connectivity index (χ0n) is 14.8. The average Bonchev–Trinajstić information content (AvgIpc) is 3.13. The van der Waals surface area contributed by atoms with E-state index < -0.39 is 22.9 Å². The van der Waals surface area contributed by atoms with Gasteiger partial charge in [-0.2, -0.15) is 0 Å². The van der Waals surface area contributed by atoms with Crippen molar-refractivity contribution in [2.75, 3.05) is 12.5 Å². The van der Waals surface area contributed by atoms with Crippen molar-refractivity contribution in [2.24, 2.45) is 0 Å². The van der Waals surface area contributed by atoms with Crippen LogP contribution >= 0.6 is 0 Å². The van der Waals surface area contributed by atoms with Gasteiger partial charge in [0, 0.05) is 24.4 Å². The van der Waals surface area contributed by atoms with Crippen molar-refractivity contribution in [3.63, 3.8) is 0 Å². The Morgan fingerprint density at radius 2 is 2.00 bits per heavy atom. The molecule has 2 aromatic carbocycles. The van der Waals surface area contributed by atoms with E-state index in [4.69, 9.17) is 19.9 Å². The van der Waals surface area contributed by atoms with Crippen LogP contribution in [-0.4, -0.2) is 29.7 Å². The maximum Gasteiger partial charge on any atom is 0.341 e. The molecule has 10 heteroatoms. The molecule has 0 saturated carbocycles. The molecule has 0 bridgehead atoms. The number of non-ortho nitro benzene ring substituents is 1. The quantitative estimate of drug-likeness (QED) is 0.330. The number of nitro benzene ring substituents is 1. The standard InChI is InChI=1S/C18H17N3O7/c1-10(28-18(23)13-7-12(21(24)25)3-4-14(13)19)17(22)20-8-11-2-5-15-16(6-11)27-9-26-15/h2-7,10H,8-9,19H2,1H3,(H,20,22)/t10-/m0/s1. The number of nitro groups is 1. The SMILES string of the molecule is C[C@H](OC(=O)c1cc([N+](=O)[O-])ccc1N)C(=O)NCc1ccc2c(c1)OCO2. The summed E-state index contributed by atoms with van der Waals surface area (Å²) < 4.78 is 15.6. The molecule has 0 aromatic heterocycles. The summed E-state index contributed by atoms with van der Waals surface area (Å²) in [6.45, 7) is 1.73. The van der Waals surface area contributed by atoms with Crippen LogP contribution < -0.4 is 20.5 Å². The maximum atomic E-state index is 12.2. The smallest absolute Gasteiger partial charge is 0.341 e. The van der Waals surface area contributed by atoms with Gasteiger partial charge in [-0.3, -0.25) is 14.9 Å². The van der Waals surface area contributed by atoms with Crippen LogP contribution in [0.25, 0.3) is 0 Å². The average molecular weight is 387 g/mol. The van der Waals surface area contributed by atoms with E-state index in [0.717, 1.165) is 11.6 Å². The molecule has 28 heavy (non-hydrogen) atoms. The normalized spacial score (nSPS) is 12.9. The molecule has 1 amide bonds. The molecule has 0 saturated heterocycles. The Bertz CT molecular complexity index is 945. The highest BCUT2D eigenvalue weighted by Crippen LogP contribution is 2.32. The molecule has 2 aromatic rings. The Hall–Kier alpha value is -3.82. The topological polar surface area (TPSA) is 143 Å². The number of ether oxygens (including phenoxy) is 3. The van der Waals surface area contributed by atoms with Crippen molar-refractivity contribution in [2.45, 2.75) is 19.6 Å². The first-order chi connectivity index (χ1) is 13.3. The van der Waals surface area contributed by atoms with Gasteiger partial charge in [0.05, 0.1) is 10.5 Å². The number of benzene rings is 2. The van der Waals surface area contributed by atoms with Gasteiger partial charge in [-0.05, 0) is 30.7 Å². The molecule has 0 aliphatic carbocycles. The molecule has 0 unspecified atom stereocenters. The maximum absolute atomic E-state index is 12.2. The molecule has 1 aliphatic rings. The van der Waals surface area contributed by atoms with Crippen LogP contribution in [0.3, 0.4) is 0 Å². The van der Waals surface area contributed by atoms with Crippen molar-refractivity contribution in [3.05, 3.63) is 57.6 Å². The van der Waals surface area contributed by atoms with Crippen molar-refractivity contribution in [1.29, 1.82) is 0 Å². The van der Waals surface area contributed by atoms with Gasteiger partial charge in [0.2, 0.25) is 6.79 Å². The highest BCUT2D eigenvalue weighted by atomic mass is 16.7. The van der Waals surface area contributed by atoms with Crippen molar-refractivity contribution in [3.8, 4) is 11.5 Å². The van der Waals surface area contributed by atoms with Crippen LogP contribution in [0.5, 0.6) is 11.5 Å². The van der Waals surface area contributed by atoms with Crippen molar-refractivity contribution in [1.82, 2.24) is 5.32 Å². The van der Waals surface area contributed by atoms with E-state index in [1.807, 2.05) is 0 Å². The molecule has 1 aliphatic heterocycles. The van der Waals surface area contributed by atoms with E-state index in [-0.39, 0.29) is 30.3 Å². The van der Waals surface area contributed by atoms with Crippen LogP contribution in [0.1, 0.15) is 22.8 Å². The minimum Gasteiger partial charge on any atom is -0.454 e. The first-order valence-electron chi connectivity index (χ1n) is 8.26. The third-order valence-corrected chi connectivity index (χ3v) is 4.02. The molecule has 146 valence electrons. The molecule has 0 fully saturated rings. The molecular formula is C18H17N3O7. The fourth-order valence-corrected chi connectivity index (χ4v) is 2.50. The number of carbonyl (C=O) groups is 2. The first-order valence-corrected chi connectivity index (χ1v) is 8.26. The summed E-state index contributed by atoms with van der Waals surface area (Å²) in [6, 6.07) is 8.66. The zero-order valence-corrected chi connectivity index (χ0v) is 14.8. The van der Waals surface area contributed by atoms with Crippen LogP contribution in [0.2, 0.25) is 0 Å². The number of nitrogens with two attached hydrogens (primary N) is 1. The summed E-state index contributed by atoms with van der Waals surface area (Å²) in [5, 5.41) is 13.5. The number of esters is 1. The number of carbonyl (C=O) groups excluding carboxylic acids is 2. The zero-order chi connectivity index (χ0) is 20.3. The minimum atomic E-state index is -1.12. The summed E-state index contributed by atoms with van der Waals surface area (Å²) >= 11 is 0.